The molecule has 0 amide bonds. The largest absolute Gasteiger partial charge is 0.459 e. The van der Waals surface area contributed by atoms with E-state index in [4.69, 9.17) is 0 Å². The van der Waals surface area contributed by atoms with Gasteiger partial charge in [-0.05, 0) is 31.1 Å². The van der Waals surface area contributed by atoms with Crippen LogP contribution in [0, 0.1) is 17.8 Å². The van der Waals surface area contributed by atoms with Crippen molar-refractivity contribution in [2.75, 3.05) is 0 Å². The smallest absolute Gasteiger partial charge is 0.199 e. The molecule has 1 aliphatic rings. The number of hydrogen-bond donors (Lipinski definition) is 0. The van der Waals surface area contributed by atoms with Crippen molar-refractivity contribution in [2.24, 2.45) is 17.8 Å². The lowest BCUT2D eigenvalue weighted by Gasteiger charge is -2.37. The summed E-state index contributed by atoms with van der Waals surface area (Å²) >= 11 is 0. The van der Waals surface area contributed by atoms with Gasteiger partial charge in [0.15, 0.2) is 0 Å². The van der Waals surface area contributed by atoms with Gasteiger partial charge in [-0.25, -0.2) is 0 Å². The lowest BCUT2D eigenvalue weighted by Crippen LogP contribution is -2.57. The highest BCUT2D eigenvalue weighted by molar-refractivity contribution is 5.02. The summed E-state index contributed by atoms with van der Waals surface area (Å²) in [6.07, 6.45) is -3.91. The summed E-state index contributed by atoms with van der Waals surface area (Å²) in [7, 11) is 0. The molecule has 0 heterocycles. The van der Waals surface area contributed by atoms with Gasteiger partial charge in [-0.1, -0.05) is 33.1 Å². The molecule has 21 heavy (non-hydrogen) atoms. The van der Waals surface area contributed by atoms with E-state index in [9.17, 15) is 30.7 Å². The van der Waals surface area contributed by atoms with Crippen molar-refractivity contribution in [2.45, 2.75) is 70.4 Å². The van der Waals surface area contributed by atoms with Gasteiger partial charge >= 0.3 is 18.0 Å². The number of rotatable bonds is 6. The Morgan fingerprint density at radius 2 is 1.38 bits per heavy atom. The minimum absolute atomic E-state index is 0.191. The van der Waals surface area contributed by atoms with E-state index in [0.717, 1.165) is 0 Å². The first-order valence-corrected chi connectivity index (χ1v) is 7.33. The van der Waals surface area contributed by atoms with Crippen LogP contribution in [0.1, 0.15) is 52.4 Å². The quantitative estimate of drug-likeness (QED) is 0.521. The third kappa shape index (κ3) is 3.31. The van der Waals surface area contributed by atoms with Gasteiger partial charge in [0, 0.05) is 5.92 Å². The monoisotopic (exact) mass is 322 g/mol. The maximum atomic E-state index is 14.0. The van der Waals surface area contributed by atoms with E-state index < -0.39 is 35.8 Å². The maximum absolute atomic E-state index is 14.0. The summed E-state index contributed by atoms with van der Waals surface area (Å²) in [5.74, 6) is -14.5. The second-order valence-electron chi connectivity index (χ2n) is 5.87. The molecule has 0 saturated heterocycles. The van der Waals surface area contributed by atoms with Crippen molar-refractivity contribution in [3.05, 3.63) is 0 Å². The fraction of sp³-hybridized carbons (Fsp3) is 1.00. The number of unbranched alkanes of at least 4 members (excludes halogenated alkanes) is 1. The highest BCUT2D eigenvalue weighted by atomic mass is 19.4. The second-order valence-corrected chi connectivity index (χ2v) is 5.87. The molecular weight excluding hydrogens is 301 g/mol. The molecule has 7 heteroatoms. The molecule has 0 spiro atoms. The summed E-state index contributed by atoms with van der Waals surface area (Å²) in [5.41, 5.74) is 0. The van der Waals surface area contributed by atoms with Gasteiger partial charge < -0.3 is 0 Å². The molecule has 1 aliphatic carbocycles. The van der Waals surface area contributed by atoms with Crippen molar-refractivity contribution < 1.29 is 30.7 Å². The molecule has 0 aromatic carbocycles. The lowest BCUT2D eigenvalue weighted by atomic mass is 9.78. The molecule has 0 N–H and O–H groups in total. The molecule has 1 fully saturated rings. The van der Waals surface area contributed by atoms with Crippen molar-refractivity contribution in [1.82, 2.24) is 0 Å². The molecule has 0 aromatic heterocycles. The Kier molecular flexibility index (Phi) is 5.59. The SMILES string of the molecule is CCCCC1CCC(CC)C1C(F)(F)C(F)(F)C(F)(F)F. The van der Waals surface area contributed by atoms with E-state index in [1.807, 2.05) is 6.92 Å². The summed E-state index contributed by atoms with van der Waals surface area (Å²) < 4.78 is 91.8. The predicted molar refractivity (Wildman–Crippen MR) is 65.5 cm³/mol. The minimum Gasteiger partial charge on any atom is -0.199 e. The topological polar surface area (TPSA) is 0 Å². The van der Waals surface area contributed by atoms with E-state index in [1.54, 1.807) is 6.92 Å². The van der Waals surface area contributed by atoms with Crippen LogP contribution in [-0.4, -0.2) is 18.0 Å². The van der Waals surface area contributed by atoms with E-state index in [1.165, 1.54) is 0 Å². The van der Waals surface area contributed by atoms with Gasteiger partial charge in [0.1, 0.15) is 0 Å². The molecule has 0 aromatic rings. The average Bonchev–Trinajstić information content (AvgIpc) is 2.78. The molecule has 126 valence electrons. The summed E-state index contributed by atoms with van der Waals surface area (Å²) in [6.45, 7) is 3.38. The molecule has 0 radical (unpaired) electrons. The predicted octanol–water partition coefficient (Wildman–Crippen LogP) is 6.06. The first-order valence-electron chi connectivity index (χ1n) is 7.33. The molecule has 3 unspecified atom stereocenters. The normalized spacial score (nSPS) is 28.1. The van der Waals surface area contributed by atoms with E-state index in [2.05, 4.69) is 0 Å². The summed E-state index contributed by atoms with van der Waals surface area (Å²) in [4.78, 5) is 0. The minimum atomic E-state index is -6.23. The molecule has 1 rings (SSSR count). The van der Waals surface area contributed by atoms with Gasteiger partial charge in [0.2, 0.25) is 0 Å². The zero-order valence-corrected chi connectivity index (χ0v) is 12.1. The third-order valence-corrected chi connectivity index (χ3v) is 4.57. The number of halogens is 7. The molecular formula is C14H21F7. The van der Waals surface area contributed by atoms with Gasteiger partial charge in [-0.2, -0.15) is 30.7 Å². The zero-order chi connectivity index (χ0) is 16.5. The van der Waals surface area contributed by atoms with Crippen LogP contribution in [0.15, 0.2) is 0 Å². The Hall–Kier alpha value is -0.490. The van der Waals surface area contributed by atoms with Crippen LogP contribution in [-0.2, 0) is 0 Å². The van der Waals surface area contributed by atoms with E-state index in [-0.39, 0.29) is 12.8 Å². The maximum Gasteiger partial charge on any atom is 0.459 e. The zero-order valence-electron chi connectivity index (χ0n) is 12.1. The molecule has 0 bridgehead atoms. The Labute approximate surface area is 120 Å². The van der Waals surface area contributed by atoms with Crippen LogP contribution in [0.4, 0.5) is 30.7 Å². The fourth-order valence-corrected chi connectivity index (χ4v) is 3.41. The third-order valence-electron chi connectivity index (χ3n) is 4.57. The van der Waals surface area contributed by atoms with Crippen LogP contribution in [0.3, 0.4) is 0 Å². The Balaban J connectivity index is 3.10. The number of alkyl halides is 7. The Bertz CT molecular complexity index is 335. The molecule has 0 aliphatic heterocycles. The standard InChI is InChI=1S/C14H21F7/c1-3-5-6-10-8-7-9(4-2)11(10)12(15,16)13(17,18)14(19,20)21/h9-11H,3-8H2,1-2H3. The summed E-state index contributed by atoms with van der Waals surface area (Å²) in [6, 6.07) is 0. The van der Waals surface area contributed by atoms with Crippen LogP contribution >= 0.6 is 0 Å². The van der Waals surface area contributed by atoms with E-state index in [0.29, 0.717) is 25.7 Å². The van der Waals surface area contributed by atoms with E-state index >= 15 is 0 Å². The van der Waals surface area contributed by atoms with Crippen molar-refractivity contribution in [3.8, 4) is 0 Å². The van der Waals surface area contributed by atoms with Gasteiger partial charge in [-0.15, -0.1) is 0 Å². The van der Waals surface area contributed by atoms with Crippen LogP contribution in [0.25, 0.3) is 0 Å². The average molecular weight is 322 g/mol. The summed E-state index contributed by atoms with van der Waals surface area (Å²) in [5, 5.41) is 0. The Morgan fingerprint density at radius 1 is 0.857 bits per heavy atom. The molecule has 0 nitrogen and oxygen atoms in total. The molecule has 1 saturated carbocycles. The molecule has 3 atom stereocenters. The van der Waals surface area contributed by atoms with Crippen molar-refractivity contribution in [1.29, 1.82) is 0 Å². The Morgan fingerprint density at radius 3 is 1.81 bits per heavy atom. The van der Waals surface area contributed by atoms with Gasteiger partial charge in [0.05, 0.1) is 0 Å². The van der Waals surface area contributed by atoms with Crippen molar-refractivity contribution in [3.63, 3.8) is 0 Å². The van der Waals surface area contributed by atoms with Crippen molar-refractivity contribution >= 4 is 0 Å². The highest BCUT2D eigenvalue weighted by Gasteiger charge is 2.76. The fourth-order valence-electron chi connectivity index (χ4n) is 3.41. The van der Waals surface area contributed by atoms with Crippen LogP contribution < -0.4 is 0 Å². The first kappa shape index (κ1) is 18.6. The van der Waals surface area contributed by atoms with Crippen LogP contribution in [0.5, 0.6) is 0 Å². The second kappa shape index (κ2) is 6.32. The lowest BCUT2D eigenvalue weighted by molar-refractivity contribution is -0.370. The highest BCUT2D eigenvalue weighted by Crippen LogP contribution is 2.58. The van der Waals surface area contributed by atoms with Gasteiger partial charge in [-0.3, -0.25) is 0 Å². The van der Waals surface area contributed by atoms with Gasteiger partial charge in [0.25, 0.3) is 0 Å². The number of hydrogen-bond acceptors (Lipinski definition) is 0. The first-order chi connectivity index (χ1) is 9.50. The van der Waals surface area contributed by atoms with Crippen LogP contribution in [0.2, 0.25) is 0 Å².